The van der Waals surface area contributed by atoms with Crippen LogP contribution in [0.5, 0.6) is 0 Å². The van der Waals surface area contributed by atoms with Gasteiger partial charge in [0.2, 0.25) is 5.82 Å². The van der Waals surface area contributed by atoms with Gasteiger partial charge in [0.15, 0.2) is 11.5 Å². The van der Waals surface area contributed by atoms with Crippen LogP contribution in [0.15, 0.2) is 24.4 Å². The molecular weight excluding hydrogens is 416 g/mol. The van der Waals surface area contributed by atoms with Crippen LogP contribution < -0.4 is 0 Å². The third-order valence-corrected chi connectivity index (χ3v) is 5.30. The monoisotopic (exact) mass is 442 g/mol. The number of nitrogens with zero attached hydrogens (tertiary/aromatic N) is 2. The number of benzene rings is 1. The van der Waals surface area contributed by atoms with Crippen LogP contribution in [0.4, 0.5) is 0 Å². The molecule has 1 aromatic carbocycles. The maximum atomic E-state index is 13.3. The van der Waals surface area contributed by atoms with Crippen LogP contribution in [0.2, 0.25) is 0 Å². The molecule has 0 amide bonds. The maximum Gasteiger partial charge on any atom is 0.374 e. The first kappa shape index (κ1) is 23.2. The molecule has 0 aliphatic heterocycles. The van der Waals surface area contributed by atoms with Gasteiger partial charge in [0.25, 0.3) is 0 Å². The average molecular weight is 442 g/mol. The largest absolute Gasteiger partial charge is 0.466 e. The van der Waals surface area contributed by atoms with Gasteiger partial charge in [-0.15, -0.1) is 0 Å². The molecule has 1 aromatic heterocycles. The summed E-state index contributed by atoms with van der Waals surface area (Å²) >= 11 is 0. The fraction of sp³-hybridized carbons (Fsp3) is 0.435. The molecule has 3 rings (SSSR count). The molecule has 170 valence electrons. The highest BCUT2D eigenvalue weighted by atomic mass is 16.5. The summed E-state index contributed by atoms with van der Waals surface area (Å²) in [4.78, 5) is 54.4. The molecule has 9 heteroatoms. The van der Waals surface area contributed by atoms with Crippen molar-refractivity contribution in [3.05, 3.63) is 52.6 Å². The zero-order chi connectivity index (χ0) is 23.4. The molecule has 0 saturated carbocycles. The number of fused-ring (bicyclic) bond motifs is 1. The Morgan fingerprint density at radius 1 is 1.06 bits per heavy atom. The van der Waals surface area contributed by atoms with Crippen molar-refractivity contribution in [2.24, 2.45) is 0 Å². The maximum absolute atomic E-state index is 13.3. The second kappa shape index (κ2) is 9.76. The summed E-state index contributed by atoms with van der Waals surface area (Å²) in [5.41, 5.74) is 1.79. The van der Waals surface area contributed by atoms with E-state index >= 15 is 0 Å². The van der Waals surface area contributed by atoms with Gasteiger partial charge in [-0.3, -0.25) is 9.59 Å². The minimum Gasteiger partial charge on any atom is -0.466 e. The molecule has 1 heterocycles. The van der Waals surface area contributed by atoms with Crippen molar-refractivity contribution in [3.63, 3.8) is 0 Å². The Hall–Kier alpha value is -3.49. The Bertz CT molecular complexity index is 1060. The quantitative estimate of drug-likeness (QED) is 0.453. The van der Waals surface area contributed by atoms with Gasteiger partial charge in [0.05, 0.1) is 25.7 Å². The van der Waals surface area contributed by atoms with Crippen LogP contribution in [0, 0.1) is 0 Å². The third-order valence-electron chi connectivity index (χ3n) is 5.30. The molecule has 0 radical (unpaired) electrons. The highest BCUT2D eigenvalue weighted by molar-refractivity contribution is 6.05. The van der Waals surface area contributed by atoms with E-state index in [0.29, 0.717) is 16.7 Å². The molecule has 0 bridgehead atoms. The third kappa shape index (κ3) is 4.28. The molecule has 0 N–H and O–H groups in total. The van der Waals surface area contributed by atoms with Crippen LogP contribution in [0.25, 0.3) is 0 Å². The summed E-state index contributed by atoms with van der Waals surface area (Å²) in [7, 11) is 0. The molecule has 9 nitrogen and oxygen atoms in total. The van der Waals surface area contributed by atoms with Crippen LogP contribution in [0.3, 0.4) is 0 Å². The Labute approximate surface area is 185 Å². The van der Waals surface area contributed by atoms with Crippen molar-refractivity contribution >= 4 is 23.7 Å². The Kier molecular flexibility index (Phi) is 7.07. The smallest absolute Gasteiger partial charge is 0.374 e. The molecule has 32 heavy (non-hydrogen) atoms. The van der Waals surface area contributed by atoms with E-state index in [9.17, 15) is 19.2 Å². The van der Waals surface area contributed by atoms with Gasteiger partial charge < -0.3 is 18.8 Å². The van der Waals surface area contributed by atoms with E-state index < -0.39 is 23.9 Å². The van der Waals surface area contributed by atoms with Gasteiger partial charge in [0, 0.05) is 18.2 Å². The molecule has 2 unspecified atom stereocenters. The van der Waals surface area contributed by atoms with E-state index in [2.05, 4.69) is 4.98 Å². The number of carbonyl (C=O) groups excluding carboxylic acids is 4. The average Bonchev–Trinajstić information content (AvgIpc) is 3.35. The standard InChI is InChI=1S/C23H26N2O7/c1-5-30-21(27)13(4)14-9-8-10-15-16(14)11-18(19(15)26)25-12-17(22(28)31-6-2)24-20(25)23(29)32-7-3/h8-10,12-13,18H,5-7,11H2,1-4H3. The molecular formula is C23H26N2O7. The van der Waals surface area contributed by atoms with Crippen molar-refractivity contribution in [1.29, 1.82) is 0 Å². The van der Waals surface area contributed by atoms with Crippen LogP contribution in [-0.4, -0.2) is 53.1 Å². The topological polar surface area (TPSA) is 114 Å². The lowest BCUT2D eigenvalue weighted by Crippen LogP contribution is -2.21. The van der Waals surface area contributed by atoms with E-state index in [4.69, 9.17) is 14.2 Å². The predicted molar refractivity (Wildman–Crippen MR) is 113 cm³/mol. The number of ketones is 1. The molecule has 2 aromatic rings. The predicted octanol–water partition coefficient (Wildman–Crippen LogP) is 2.88. The van der Waals surface area contributed by atoms with Crippen LogP contribution >= 0.6 is 0 Å². The molecule has 1 aliphatic rings. The number of esters is 3. The van der Waals surface area contributed by atoms with Gasteiger partial charge >= 0.3 is 17.9 Å². The van der Waals surface area contributed by atoms with Gasteiger partial charge in [-0.1, -0.05) is 18.2 Å². The van der Waals surface area contributed by atoms with Gasteiger partial charge in [-0.05, 0) is 38.8 Å². The number of imidazole rings is 1. The summed E-state index contributed by atoms with van der Waals surface area (Å²) in [6, 6.07) is 4.39. The van der Waals surface area contributed by atoms with Crippen molar-refractivity contribution < 1.29 is 33.4 Å². The molecule has 2 atom stereocenters. The first-order valence-corrected chi connectivity index (χ1v) is 10.6. The number of rotatable bonds is 8. The SMILES string of the molecule is CCOC(=O)c1cn(C2Cc3c(cccc3C(C)C(=O)OCC)C2=O)c(C(=O)OCC)n1. The highest BCUT2D eigenvalue weighted by Gasteiger charge is 2.38. The summed E-state index contributed by atoms with van der Waals surface area (Å²) in [5, 5.41) is 0. The lowest BCUT2D eigenvalue weighted by Gasteiger charge is -2.15. The summed E-state index contributed by atoms with van der Waals surface area (Å²) < 4.78 is 16.6. The zero-order valence-corrected chi connectivity index (χ0v) is 18.5. The zero-order valence-electron chi connectivity index (χ0n) is 18.5. The highest BCUT2D eigenvalue weighted by Crippen LogP contribution is 2.36. The molecule has 0 saturated heterocycles. The number of aromatic nitrogens is 2. The van der Waals surface area contributed by atoms with E-state index in [1.165, 1.54) is 10.8 Å². The number of hydrogen-bond donors (Lipinski definition) is 0. The van der Waals surface area contributed by atoms with E-state index in [0.717, 1.165) is 0 Å². The molecule has 0 spiro atoms. The van der Waals surface area contributed by atoms with Crippen molar-refractivity contribution in [1.82, 2.24) is 9.55 Å². The molecule has 0 fully saturated rings. The number of carbonyl (C=O) groups is 4. The van der Waals surface area contributed by atoms with Crippen LogP contribution in [-0.2, 0) is 25.4 Å². The van der Waals surface area contributed by atoms with Crippen molar-refractivity contribution in [2.45, 2.75) is 46.1 Å². The first-order chi connectivity index (χ1) is 15.3. The number of ether oxygens (including phenoxy) is 3. The number of Topliss-reactive ketones (excluding diaryl/α,β-unsaturated/α-hetero) is 1. The fourth-order valence-corrected chi connectivity index (χ4v) is 3.83. The second-order valence-corrected chi connectivity index (χ2v) is 7.23. The van der Waals surface area contributed by atoms with Crippen LogP contribution in [0.1, 0.15) is 82.2 Å². The lowest BCUT2D eigenvalue weighted by atomic mass is 9.93. The first-order valence-electron chi connectivity index (χ1n) is 10.6. The summed E-state index contributed by atoms with van der Waals surface area (Å²) in [6.45, 7) is 7.28. The Morgan fingerprint density at radius 2 is 1.72 bits per heavy atom. The van der Waals surface area contributed by atoms with Crippen molar-refractivity contribution in [3.8, 4) is 0 Å². The van der Waals surface area contributed by atoms with Gasteiger partial charge in [-0.2, -0.15) is 0 Å². The normalized spacial score (nSPS) is 15.8. The lowest BCUT2D eigenvalue weighted by molar-refractivity contribution is -0.144. The second-order valence-electron chi connectivity index (χ2n) is 7.23. The minimum atomic E-state index is -0.810. The van der Waals surface area contributed by atoms with Crippen molar-refractivity contribution in [2.75, 3.05) is 19.8 Å². The summed E-state index contributed by atoms with van der Waals surface area (Å²) in [5.74, 6) is -2.77. The Morgan fingerprint density at radius 3 is 2.38 bits per heavy atom. The summed E-state index contributed by atoms with van der Waals surface area (Å²) in [6.07, 6.45) is 1.58. The Balaban J connectivity index is 2.02. The van der Waals surface area contributed by atoms with E-state index in [1.54, 1.807) is 45.9 Å². The van der Waals surface area contributed by atoms with Gasteiger partial charge in [-0.25, -0.2) is 14.6 Å². The minimum absolute atomic E-state index is 0.0845. The van der Waals surface area contributed by atoms with E-state index in [1.807, 2.05) is 0 Å². The molecule has 1 aliphatic carbocycles. The van der Waals surface area contributed by atoms with E-state index in [-0.39, 0.29) is 49.5 Å². The van der Waals surface area contributed by atoms with Gasteiger partial charge in [0.1, 0.15) is 6.04 Å². The number of hydrogen-bond acceptors (Lipinski definition) is 8. The fourth-order valence-electron chi connectivity index (χ4n) is 3.83.